The van der Waals surface area contributed by atoms with Crippen molar-refractivity contribution in [1.29, 1.82) is 0 Å². The van der Waals surface area contributed by atoms with Gasteiger partial charge in [-0.15, -0.1) is 23.4 Å². The highest BCUT2D eigenvalue weighted by Gasteiger charge is 2.31. The smallest absolute Gasteiger partial charge is 0.419 e. The van der Waals surface area contributed by atoms with Crippen LogP contribution in [0, 0.1) is 6.92 Å². The molecule has 2 aromatic heterocycles. The molecule has 0 aliphatic heterocycles. The third-order valence-electron chi connectivity index (χ3n) is 3.24. The van der Waals surface area contributed by atoms with E-state index in [1.807, 2.05) is 0 Å². The topological polar surface area (TPSA) is 121 Å². The lowest BCUT2D eigenvalue weighted by Crippen LogP contribution is -2.17. The van der Waals surface area contributed by atoms with E-state index in [0.717, 1.165) is 36.5 Å². The summed E-state index contributed by atoms with van der Waals surface area (Å²) in [4.78, 5) is 3.40. The first-order valence-electron chi connectivity index (χ1n) is 7.08. The number of halogens is 3. The molecule has 0 amide bonds. The molecule has 27 heavy (non-hydrogen) atoms. The second-order valence-corrected chi connectivity index (χ2v) is 7.08. The fraction of sp³-hybridized carbons (Fsp3) is 0.0667. The Bertz CT molecular complexity index is 1080. The van der Waals surface area contributed by atoms with Crippen LogP contribution < -0.4 is 10.5 Å². The minimum absolute atomic E-state index is 0.0315. The SMILES string of the molecule is [CH2]c1nnc(-c2ncc(S(=O)(=O)c3ccc(OC(F)(F)F)cc3)cc2N)o1. The minimum atomic E-state index is -4.88. The Morgan fingerprint density at radius 3 is 2.30 bits per heavy atom. The Morgan fingerprint density at radius 2 is 1.78 bits per heavy atom. The number of hydrogen-bond acceptors (Lipinski definition) is 8. The second-order valence-electron chi connectivity index (χ2n) is 5.13. The zero-order valence-corrected chi connectivity index (χ0v) is 14.1. The maximum atomic E-state index is 12.6. The normalized spacial score (nSPS) is 12.1. The highest BCUT2D eigenvalue weighted by atomic mass is 32.2. The Hall–Kier alpha value is -3.15. The fourth-order valence-corrected chi connectivity index (χ4v) is 3.33. The molecule has 0 spiro atoms. The number of alkyl halides is 3. The summed E-state index contributed by atoms with van der Waals surface area (Å²) in [6.45, 7) is 3.44. The number of sulfone groups is 1. The number of aromatic nitrogens is 3. The van der Waals surface area contributed by atoms with E-state index in [2.05, 4.69) is 26.8 Å². The van der Waals surface area contributed by atoms with Gasteiger partial charge in [0.2, 0.25) is 15.7 Å². The van der Waals surface area contributed by atoms with Crippen molar-refractivity contribution < 1.29 is 30.7 Å². The van der Waals surface area contributed by atoms with Crippen LogP contribution in [0.3, 0.4) is 0 Å². The molecule has 0 aliphatic rings. The molecule has 1 aromatic carbocycles. The van der Waals surface area contributed by atoms with Crippen molar-refractivity contribution in [2.24, 2.45) is 0 Å². The van der Waals surface area contributed by atoms with E-state index in [0.29, 0.717) is 0 Å². The van der Waals surface area contributed by atoms with Gasteiger partial charge in [-0.1, -0.05) is 0 Å². The zero-order chi connectivity index (χ0) is 19.8. The van der Waals surface area contributed by atoms with Crippen LogP contribution in [0.25, 0.3) is 11.6 Å². The zero-order valence-electron chi connectivity index (χ0n) is 13.3. The molecule has 3 rings (SSSR count). The number of pyridine rings is 1. The van der Waals surface area contributed by atoms with Crippen LogP contribution in [0.2, 0.25) is 0 Å². The van der Waals surface area contributed by atoms with Gasteiger partial charge in [-0.2, -0.15) is 0 Å². The van der Waals surface area contributed by atoms with Crippen LogP contribution in [-0.2, 0) is 9.84 Å². The molecule has 0 atom stereocenters. The lowest BCUT2D eigenvalue weighted by Gasteiger charge is -2.10. The van der Waals surface area contributed by atoms with Gasteiger partial charge in [0, 0.05) is 13.1 Å². The van der Waals surface area contributed by atoms with Gasteiger partial charge in [0.1, 0.15) is 5.75 Å². The Labute approximate surface area is 150 Å². The Morgan fingerprint density at radius 1 is 1.11 bits per heavy atom. The molecule has 141 valence electrons. The molecule has 3 aromatic rings. The lowest BCUT2D eigenvalue weighted by molar-refractivity contribution is -0.274. The summed E-state index contributed by atoms with van der Waals surface area (Å²) in [5, 5.41) is 7.21. The first kappa shape index (κ1) is 18.6. The van der Waals surface area contributed by atoms with Crippen molar-refractivity contribution in [3.63, 3.8) is 0 Å². The Balaban J connectivity index is 1.92. The maximum absolute atomic E-state index is 12.6. The van der Waals surface area contributed by atoms with Crippen LogP contribution in [-0.4, -0.2) is 30.0 Å². The maximum Gasteiger partial charge on any atom is 0.573 e. The molecule has 1 radical (unpaired) electrons. The molecule has 0 saturated heterocycles. The molecular formula is C15H10F3N4O4S. The van der Waals surface area contributed by atoms with Crippen LogP contribution in [0.5, 0.6) is 5.75 Å². The van der Waals surface area contributed by atoms with E-state index in [9.17, 15) is 21.6 Å². The largest absolute Gasteiger partial charge is 0.573 e. The first-order chi connectivity index (χ1) is 12.6. The van der Waals surface area contributed by atoms with E-state index >= 15 is 0 Å². The van der Waals surface area contributed by atoms with Crippen molar-refractivity contribution in [3.05, 3.63) is 49.3 Å². The number of nitrogens with zero attached hydrogens (tertiary/aromatic N) is 3. The minimum Gasteiger partial charge on any atom is -0.419 e. The summed E-state index contributed by atoms with van der Waals surface area (Å²) < 4.78 is 70.6. The third kappa shape index (κ3) is 4.00. The van der Waals surface area contributed by atoms with Crippen molar-refractivity contribution in [1.82, 2.24) is 15.2 Å². The summed E-state index contributed by atoms with van der Waals surface area (Å²) >= 11 is 0. The van der Waals surface area contributed by atoms with E-state index < -0.39 is 21.9 Å². The van der Waals surface area contributed by atoms with E-state index in [-0.39, 0.29) is 33.0 Å². The van der Waals surface area contributed by atoms with Gasteiger partial charge in [0.05, 0.1) is 15.5 Å². The van der Waals surface area contributed by atoms with Gasteiger partial charge in [0.25, 0.3) is 5.89 Å². The Kier molecular flexibility index (Phi) is 4.51. The third-order valence-corrected chi connectivity index (χ3v) is 4.98. The van der Waals surface area contributed by atoms with Gasteiger partial charge < -0.3 is 14.9 Å². The molecule has 0 aliphatic carbocycles. The molecule has 0 bridgehead atoms. The fourth-order valence-electron chi connectivity index (χ4n) is 2.09. The quantitative estimate of drug-likeness (QED) is 0.711. The molecule has 0 saturated carbocycles. The van der Waals surface area contributed by atoms with Crippen LogP contribution in [0.15, 0.2) is 50.7 Å². The van der Waals surface area contributed by atoms with Gasteiger partial charge in [-0.3, -0.25) is 0 Å². The van der Waals surface area contributed by atoms with Crippen LogP contribution >= 0.6 is 0 Å². The average Bonchev–Trinajstić information content (AvgIpc) is 3.00. The van der Waals surface area contributed by atoms with Gasteiger partial charge in [0.15, 0.2) is 5.69 Å². The van der Waals surface area contributed by atoms with Crippen molar-refractivity contribution in [3.8, 4) is 17.3 Å². The molecule has 2 heterocycles. The predicted octanol–water partition coefficient (Wildman–Crippen LogP) is 2.63. The molecule has 2 N–H and O–H groups in total. The van der Waals surface area contributed by atoms with Crippen molar-refractivity contribution >= 4 is 15.5 Å². The number of anilines is 1. The van der Waals surface area contributed by atoms with Crippen LogP contribution in [0.1, 0.15) is 5.89 Å². The summed E-state index contributed by atoms with van der Waals surface area (Å²) in [5.41, 5.74) is 5.84. The average molecular weight is 399 g/mol. The number of ether oxygens (including phenoxy) is 1. The van der Waals surface area contributed by atoms with Gasteiger partial charge in [-0.05, 0) is 30.3 Å². The summed E-state index contributed by atoms with van der Waals surface area (Å²) in [7, 11) is -4.07. The molecule has 8 nitrogen and oxygen atoms in total. The molecule has 0 unspecified atom stereocenters. The number of nitrogen functional groups attached to an aromatic ring is 1. The summed E-state index contributed by atoms with van der Waals surface area (Å²) in [6.07, 6.45) is -3.86. The number of nitrogens with two attached hydrogens (primary N) is 1. The number of hydrogen-bond donors (Lipinski definition) is 1. The highest BCUT2D eigenvalue weighted by molar-refractivity contribution is 7.91. The standard InChI is InChI=1S/C15H10F3N4O4S/c1-8-21-22-14(25-8)13-12(19)6-11(7-20-13)27(23,24)10-4-2-9(3-5-10)26-15(16,17)18/h2-7H,1,19H2. The molecule has 0 fully saturated rings. The molecule has 12 heteroatoms. The van der Waals surface area contributed by atoms with Crippen molar-refractivity contribution in [2.45, 2.75) is 16.2 Å². The van der Waals surface area contributed by atoms with E-state index in [1.54, 1.807) is 0 Å². The monoisotopic (exact) mass is 399 g/mol. The predicted molar refractivity (Wildman–Crippen MR) is 85.0 cm³/mol. The summed E-state index contributed by atoms with van der Waals surface area (Å²) in [5.74, 6) is -0.547. The second kappa shape index (κ2) is 6.54. The highest BCUT2D eigenvalue weighted by Crippen LogP contribution is 2.29. The summed E-state index contributed by atoms with van der Waals surface area (Å²) in [6, 6.07) is 4.87. The van der Waals surface area contributed by atoms with Gasteiger partial charge in [-0.25, -0.2) is 13.4 Å². The molecular weight excluding hydrogens is 389 g/mol. The van der Waals surface area contributed by atoms with E-state index in [1.165, 1.54) is 0 Å². The van der Waals surface area contributed by atoms with E-state index in [4.69, 9.17) is 10.2 Å². The van der Waals surface area contributed by atoms with Crippen LogP contribution in [0.4, 0.5) is 18.9 Å². The number of benzene rings is 1. The van der Waals surface area contributed by atoms with Gasteiger partial charge >= 0.3 is 6.36 Å². The van der Waals surface area contributed by atoms with Crippen molar-refractivity contribution in [2.75, 3.05) is 5.73 Å². The number of rotatable bonds is 4. The lowest BCUT2D eigenvalue weighted by atomic mass is 10.3. The first-order valence-corrected chi connectivity index (χ1v) is 8.57.